The van der Waals surface area contributed by atoms with E-state index in [0.717, 1.165) is 34.9 Å². The van der Waals surface area contributed by atoms with Crippen molar-refractivity contribution < 1.29 is 9.47 Å². The summed E-state index contributed by atoms with van der Waals surface area (Å²) < 4.78 is 12.8. The second-order valence-corrected chi connectivity index (χ2v) is 5.13. The van der Waals surface area contributed by atoms with Gasteiger partial charge < -0.3 is 14.8 Å². The maximum atomic E-state index is 6.22. The molecule has 0 aliphatic carbocycles. The molecule has 0 fully saturated rings. The van der Waals surface area contributed by atoms with Crippen LogP contribution in [0.25, 0.3) is 0 Å². The van der Waals surface area contributed by atoms with Crippen molar-refractivity contribution in [2.45, 2.75) is 20.1 Å². The van der Waals surface area contributed by atoms with E-state index in [1.807, 2.05) is 39.2 Å². The van der Waals surface area contributed by atoms with E-state index in [4.69, 9.17) is 21.1 Å². The third kappa shape index (κ3) is 3.49. The third-order valence-electron chi connectivity index (χ3n) is 3.28. The van der Waals surface area contributed by atoms with E-state index in [2.05, 4.69) is 10.4 Å². The van der Waals surface area contributed by atoms with Crippen LogP contribution in [0, 0.1) is 6.92 Å². The minimum absolute atomic E-state index is 0.377. The summed E-state index contributed by atoms with van der Waals surface area (Å²) in [6.45, 7) is 3.02. The van der Waals surface area contributed by atoms with Crippen molar-refractivity contribution in [3.8, 4) is 11.5 Å². The number of aryl methyl sites for hydroxylation is 2. The van der Waals surface area contributed by atoms with Crippen molar-refractivity contribution in [3.63, 3.8) is 0 Å². The highest BCUT2D eigenvalue weighted by molar-refractivity contribution is 6.30. The van der Waals surface area contributed by atoms with Crippen molar-refractivity contribution in [2.24, 2.45) is 7.05 Å². The summed E-state index contributed by atoms with van der Waals surface area (Å²) in [5, 5.41) is 8.01. The lowest BCUT2D eigenvalue weighted by Crippen LogP contribution is -2.08. The molecule has 5 nitrogen and oxygen atoms in total. The molecule has 0 unspecified atom stereocenters. The number of halogens is 1. The number of nitrogens with zero attached hydrogens (tertiary/aromatic N) is 2. The molecule has 1 aromatic carbocycles. The molecule has 0 radical (unpaired) electrons. The number of methoxy groups -OCH3 is 1. The first-order valence-corrected chi connectivity index (χ1v) is 7.07. The second-order valence-electron chi connectivity index (χ2n) is 4.77. The van der Waals surface area contributed by atoms with Gasteiger partial charge in [-0.25, -0.2) is 0 Å². The summed E-state index contributed by atoms with van der Waals surface area (Å²) in [6, 6.07) is 5.79. The predicted molar refractivity (Wildman–Crippen MR) is 83.0 cm³/mol. The van der Waals surface area contributed by atoms with E-state index in [9.17, 15) is 0 Å². The van der Waals surface area contributed by atoms with E-state index in [1.54, 1.807) is 11.8 Å². The lowest BCUT2D eigenvalue weighted by molar-refractivity contribution is 0.299. The normalized spacial score (nSPS) is 10.7. The molecule has 0 aliphatic heterocycles. The SMILES string of the molecule is CNCc1ccc(OC)cc1OCc1c(C)nn(C)c1Cl. The van der Waals surface area contributed by atoms with Crippen LogP contribution in [-0.2, 0) is 20.2 Å². The smallest absolute Gasteiger partial charge is 0.133 e. The maximum Gasteiger partial charge on any atom is 0.133 e. The van der Waals surface area contributed by atoms with Gasteiger partial charge in [0.25, 0.3) is 0 Å². The average molecular weight is 310 g/mol. The zero-order chi connectivity index (χ0) is 15.4. The number of benzene rings is 1. The number of aromatic nitrogens is 2. The van der Waals surface area contributed by atoms with Gasteiger partial charge in [0.1, 0.15) is 23.3 Å². The van der Waals surface area contributed by atoms with E-state index >= 15 is 0 Å². The Morgan fingerprint density at radius 3 is 2.71 bits per heavy atom. The van der Waals surface area contributed by atoms with Gasteiger partial charge in [-0.05, 0) is 20.0 Å². The fraction of sp³-hybridized carbons (Fsp3) is 0.400. The number of hydrogen-bond donors (Lipinski definition) is 1. The van der Waals surface area contributed by atoms with Gasteiger partial charge in [0, 0.05) is 30.8 Å². The monoisotopic (exact) mass is 309 g/mol. The van der Waals surface area contributed by atoms with Crippen molar-refractivity contribution >= 4 is 11.6 Å². The third-order valence-corrected chi connectivity index (χ3v) is 3.76. The summed E-state index contributed by atoms with van der Waals surface area (Å²) in [5.74, 6) is 1.54. The predicted octanol–water partition coefficient (Wildman–Crippen LogP) is 2.69. The highest BCUT2D eigenvalue weighted by Crippen LogP contribution is 2.27. The number of rotatable bonds is 6. The molecule has 1 N–H and O–H groups in total. The quantitative estimate of drug-likeness (QED) is 0.891. The van der Waals surface area contributed by atoms with Crippen LogP contribution in [-0.4, -0.2) is 23.9 Å². The first-order valence-electron chi connectivity index (χ1n) is 6.69. The summed E-state index contributed by atoms with van der Waals surface area (Å²) in [5.41, 5.74) is 2.84. The van der Waals surface area contributed by atoms with Crippen LogP contribution in [0.5, 0.6) is 11.5 Å². The molecular weight excluding hydrogens is 290 g/mol. The van der Waals surface area contributed by atoms with Crippen LogP contribution >= 0.6 is 11.6 Å². The van der Waals surface area contributed by atoms with Crippen LogP contribution in [0.2, 0.25) is 5.15 Å². The minimum Gasteiger partial charge on any atom is -0.497 e. The molecule has 0 amide bonds. The molecule has 0 bridgehead atoms. The van der Waals surface area contributed by atoms with E-state index < -0.39 is 0 Å². The summed E-state index contributed by atoms with van der Waals surface area (Å²) in [4.78, 5) is 0. The maximum absolute atomic E-state index is 6.22. The van der Waals surface area contributed by atoms with Gasteiger partial charge >= 0.3 is 0 Å². The van der Waals surface area contributed by atoms with Gasteiger partial charge in [-0.2, -0.15) is 5.10 Å². The van der Waals surface area contributed by atoms with Crippen molar-refractivity contribution in [1.29, 1.82) is 0 Å². The van der Waals surface area contributed by atoms with Gasteiger partial charge in [0.15, 0.2) is 0 Å². The lowest BCUT2D eigenvalue weighted by atomic mass is 10.2. The molecule has 1 aromatic heterocycles. The zero-order valence-corrected chi connectivity index (χ0v) is 13.5. The van der Waals surface area contributed by atoms with Gasteiger partial charge in [-0.1, -0.05) is 17.7 Å². The Morgan fingerprint density at radius 2 is 2.14 bits per heavy atom. The zero-order valence-electron chi connectivity index (χ0n) is 12.7. The molecular formula is C15H20ClN3O2. The van der Waals surface area contributed by atoms with Crippen LogP contribution in [0.15, 0.2) is 18.2 Å². The molecule has 6 heteroatoms. The summed E-state index contributed by atoms with van der Waals surface area (Å²) in [6.07, 6.45) is 0. The van der Waals surface area contributed by atoms with E-state index in [-0.39, 0.29) is 0 Å². The van der Waals surface area contributed by atoms with E-state index in [1.165, 1.54) is 0 Å². The number of hydrogen-bond acceptors (Lipinski definition) is 4. The van der Waals surface area contributed by atoms with Crippen molar-refractivity contribution in [2.75, 3.05) is 14.2 Å². The molecule has 1 heterocycles. The molecule has 2 aromatic rings. The molecule has 0 aliphatic rings. The van der Waals surface area contributed by atoms with Gasteiger partial charge in [-0.15, -0.1) is 0 Å². The average Bonchev–Trinajstić information content (AvgIpc) is 2.71. The van der Waals surface area contributed by atoms with Gasteiger partial charge in [0.05, 0.1) is 12.8 Å². The fourth-order valence-electron chi connectivity index (χ4n) is 2.12. The minimum atomic E-state index is 0.377. The topological polar surface area (TPSA) is 48.3 Å². The highest BCUT2D eigenvalue weighted by Gasteiger charge is 2.13. The van der Waals surface area contributed by atoms with Crippen molar-refractivity contribution in [1.82, 2.24) is 15.1 Å². The summed E-state index contributed by atoms with van der Waals surface area (Å²) >= 11 is 6.22. The Morgan fingerprint density at radius 1 is 1.38 bits per heavy atom. The standard InChI is InChI=1S/C15H20ClN3O2/c1-10-13(15(16)19(3)18-10)9-21-14-7-12(20-4)6-5-11(14)8-17-2/h5-7,17H,8-9H2,1-4H3. The highest BCUT2D eigenvalue weighted by atomic mass is 35.5. The first kappa shape index (κ1) is 15.7. The Hall–Kier alpha value is -1.72. The van der Waals surface area contributed by atoms with Crippen LogP contribution in [0.1, 0.15) is 16.8 Å². The molecule has 114 valence electrons. The Bertz CT molecular complexity index is 626. The molecule has 0 saturated carbocycles. The number of nitrogens with one attached hydrogen (secondary N) is 1. The van der Waals surface area contributed by atoms with Gasteiger partial charge in [0.2, 0.25) is 0 Å². The Kier molecular flexibility index (Phi) is 5.09. The van der Waals surface area contributed by atoms with Crippen molar-refractivity contribution in [3.05, 3.63) is 40.2 Å². The molecule has 0 atom stereocenters. The summed E-state index contributed by atoms with van der Waals surface area (Å²) in [7, 11) is 5.35. The molecule has 21 heavy (non-hydrogen) atoms. The fourth-order valence-corrected chi connectivity index (χ4v) is 2.35. The van der Waals surface area contributed by atoms with E-state index in [0.29, 0.717) is 11.8 Å². The lowest BCUT2D eigenvalue weighted by Gasteiger charge is -2.13. The van der Waals surface area contributed by atoms with Crippen LogP contribution in [0.3, 0.4) is 0 Å². The Labute approximate surface area is 129 Å². The first-order chi connectivity index (χ1) is 10.1. The molecule has 2 rings (SSSR count). The van der Waals surface area contributed by atoms with Crippen LogP contribution in [0.4, 0.5) is 0 Å². The Balaban J connectivity index is 2.21. The van der Waals surface area contributed by atoms with Crippen LogP contribution < -0.4 is 14.8 Å². The largest absolute Gasteiger partial charge is 0.497 e. The second kappa shape index (κ2) is 6.83. The molecule has 0 spiro atoms. The van der Waals surface area contributed by atoms with Gasteiger partial charge in [-0.3, -0.25) is 4.68 Å². The number of ether oxygens (including phenoxy) is 2. The molecule has 0 saturated heterocycles.